The summed E-state index contributed by atoms with van der Waals surface area (Å²) in [4.78, 5) is 2.19. The van der Waals surface area contributed by atoms with E-state index in [1.54, 1.807) is 6.92 Å². The van der Waals surface area contributed by atoms with Crippen molar-refractivity contribution in [1.29, 1.82) is 0 Å². The van der Waals surface area contributed by atoms with Crippen LogP contribution in [0.1, 0.15) is 31.4 Å². The fraction of sp³-hybridized carbons (Fsp3) is 0.429. The lowest BCUT2D eigenvalue weighted by Gasteiger charge is -2.23. The molecule has 1 N–H and O–H groups in total. The Morgan fingerprint density at radius 2 is 2.12 bits per heavy atom. The van der Waals surface area contributed by atoms with Gasteiger partial charge >= 0.3 is 0 Å². The molecule has 0 aromatic heterocycles. The summed E-state index contributed by atoms with van der Waals surface area (Å²) in [6.07, 6.45) is 3.64. The molecule has 1 aromatic carbocycles. The van der Waals surface area contributed by atoms with Gasteiger partial charge in [0, 0.05) is 24.8 Å². The van der Waals surface area contributed by atoms with Gasteiger partial charge in [-0.15, -0.1) is 6.58 Å². The first kappa shape index (κ1) is 12.8. The van der Waals surface area contributed by atoms with Crippen molar-refractivity contribution in [2.75, 3.05) is 18.5 Å². The number of para-hydroxylation sites is 1. The van der Waals surface area contributed by atoms with E-state index >= 15 is 0 Å². The number of nitrogens with zero attached hydrogens (tertiary/aromatic N) is 1. The Labute approximate surface area is 98.2 Å². The molecule has 1 rings (SSSR count). The van der Waals surface area contributed by atoms with Crippen LogP contribution in [0, 0.1) is 0 Å². The summed E-state index contributed by atoms with van der Waals surface area (Å²) in [6.45, 7) is 6.50. The third-order valence-corrected chi connectivity index (χ3v) is 2.70. The van der Waals surface area contributed by atoms with Crippen LogP contribution in [-0.2, 0) is 0 Å². The van der Waals surface area contributed by atoms with Gasteiger partial charge in [0.15, 0.2) is 0 Å². The molecule has 0 fully saturated rings. The Morgan fingerprint density at radius 1 is 1.44 bits per heavy atom. The van der Waals surface area contributed by atoms with Gasteiger partial charge in [-0.1, -0.05) is 24.3 Å². The van der Waals surface area contributed by atoms with E-state index in [0.29, 0.717) is 0 Å². The third kappa shape index (κ3) is 3.38. The van der Waals surface area contributed by atoms with Gasteiger partial charge in [0.05, 0.1) is 6.10 Å². The van der Waals surface area contributed by atoms with Crippen molar-refractivity contribution in [3.05, 3.63) is 42.5 Å². The average Bonchev–Trinajstić information content (AvgIpc) is 2.29. The average molecular weight is 219 g/mol. The Morgan fingerprint density at radius 3 is 2.75 bits per heavy atom. The van der Waals surface area contributed by atoms with Crippen molar-refractivity contribution >= 4 is 5.69 Å². The van der Waals surface area contributed by atoms with Crippen LogP contribution >= 0.6 is 0 Å². The summed E-state index contributed by atoms with van der Waals surface area (Å²) >= 11 is 0. The molecule has 0 bridgehead atoms. The summed E-state index contributed by atoms with van der Waals surface area (Å²) in [5.74, 6) is 0. The zero-order chi connectivity index (χ0) is 12.0. The Bertz CT molecular complexity index is 333. The van der Waals surface area contributed by atoms with Crippen molar-refractivity contribution in [2.45, 2.75) is 25.9 Å². The SMILES string of the molecule is C=CCCCN(C)c1ccccc1[C@H](C)O. The fourth-order valence-electron chi connectivity index (χ4n) is 1.78. The van der Waals surface area contributed by atoms with Gasteiger partial charge in [0.1, 0.15) is 0 Å². The molecule has 0 spiro atoms. The molecule has 88 valence electrons. The van der Waals surface area contributed by atoms with Crippen LogP contribution < -0.4 is 4.90 Å². The molecule has 0 heterocycles. The summed E-state index contributed by atoms with van der Waals surface area (Å²) in [7, 11) is 2.06. The molecule has 2 heteroatoms. The van der Waals surface area contributed by atoms with E-state index < -0.39 is 6.10 Å². The van der Waals surface area contributed by atoms with Crippen LogP contribution in [0.15, 0.2) is 36.9 Å². The molecule has 16 heavy (non-hydrogen) atoms. The first-order valence-corrected chi connectivity index (χ1v) is 5.76. The van der Waals surface area contributed by atoms with Crippen LogP contribution in [-0.4, -0.2) is 18.7 Å². The highest BCUT2D eigenvalue weighted by molar-refractivity contribution is 5.53. The van der Waals surface area contributed by atoms with E-state index in [4.69, 9.17) is 0 Å². The second-order valence-corrected chi connectivity index (χ2v) is 4.09. The lowest BCUT2D eigenvalue weighted by Crippen LogP contribution is -2.20. The molecule has 0 radical (unpaired) electrons. The van der Waals surface area contributed by atoms with Gasteiger partial charge in [0.2, 0.25) is 0 Å². The molecular weight excluding hydrogens is 198 g/mol. The first-order valence-electron chi connectivity index (χ1n) is 5.76. The number of unbranched alkanes of at least 4 members (excludes halogenated alkanes) is 1. The normalized spacial score (nSPS) is 12.2. The molecule has 0 amide bonds. The number of aliphatic hydroxyl groups excluding tert-OH is 1. The maximum absolute atomic E-state index is 9.68. The van der Waals surface area contributed by atoms with E-state index in [1.165, 1.54) is 0 Å². The van der Waals surface area contributed by atoms with Crippen molar-refractivity contribution < 1.29 is 5.11 Å². The Hall–Kier alpha value is -1.28. The van der Waals surface area contributed by atoms with Crippen molar-refractivity contribution in [3.8, 4) is 0 Å². The summed E-state index contributed by atoms with van der Waals surface area (Å²) in [5.41, 5.74) is 2.10. The molecule has 1 aromatic rings. The number of hydrogen-bond acceptors (Lipinski definition) is 2. The second kappa shape index (κ2) is 6.33. The smallest absolute Gasteiger partial charge is 0.0781 e. The minimum atomic E-state index is -0.418. The van der Waals surface area contributed by atoms with Gasteiger partial charge in [-0.2, -0.15) is 0 Å². The highest BCUT2D eigenvalue weighted by Crippen LogP contribution is 2.25. The number of hydrogen-bond donors (Lipinski definition) is 1. The number of allylic oxidation sites excluding steroid dienone is 1. The standard InChI is InChI=1S/C14H21NO/c1-4-5-8-11-15(3)14-10-7-6-9-13(14)12(2)16/h4,6-7,9-10,12,16H,1,5,8,11H2,2-3H3/t12-/m0/s1. The minimum Gasteiger partial charge on any atom is -0.389 e. The van der Waals surface area contributed by atoms with Crippen molar-refractivity contribution in [3.63, 3.8) is 0 Å². The van der Waals surface area contributed by atoms with E-state index in [9.17, 15) is 5.11 Å². The molecule has 0 aliphatic carbocycles. The van der Waals surface area contributed by atoms with Gasteiger partial charge in [-0.3, -0.25) is 0 Å². The topological polar surface area (TPSA) is 23.5 Å². The van der Waals surface area contributed by atoms with Gasteiger partial charge in [-0.05, 0) is 25.8 Å². The zero-order valence-corrected chi connectivity index (χ0v) is 10.2. The molecule has 1 atom stereocenters. The quantitative estimate of drug-likeness (QED) is 0.587. The second-order valence-electron chi connectivity index (χ2n) is 4.09. The highest BCUT2D eigenvalue weighted by Gasteiger charge is 2.09. The highest BCUT2D eigenvalue weighted by atomic mass is 16.3. The lowest BCUT2D eigenvalue weighted by molar-refractivity contribution is 0.199. The van der Waals surface area contributed by atoms with Crippen LogP contribution in [0.25, 0.3) is 0 Å². The molecular formula is C14H21NO. The molecule has 2 nitrogen and oxygen atoms in total. The van der Waals surface area contributed by atoms with Gasteiger partial charge in [0.25, 0.3) is 0 Å². The Kier molecular flexibility index (Phi) is 5.06. The van der Waals surface area contributed by atoms with E-state index in [2.05, 4.69) is 24.6 Å². The summed E-state index contributed by atoms with van der Waals surface area (Å²) < 4.78 is 0. The van der Waals surface area contributed by atoms with Crippen molar-refractivity contribution in [1.82, 2.24) is 0 Å². The van der Waals surface area contributed by atoms with E-state index in [-0.39, 0.29) is 0 Å². The van der Waals surface area contributed by atoms with Crippen LogP contribution in [0.4, 0.5) is 5.69 Å². The molecule has 0 saturated carbocycles. The van der Waals surface area contributed by atoms with Crippen LogP contribution in [0.3, 0.4) is 0 Å². The third-order valence-electron chi connectivity index (χ3n) is 2.70. The van der Waals surface area contributed by atoms with Gasteiger partial charge in [-0.25, -0.2) is 0 Å². The van der Waals surface area contributed by atoms with E-state index in [1.807, 2.05) is 24.3 Å². The molecule has 0 aliphatic heterocycles. The van der Waals surface area contributed by atoms with Crippen molar-refractivity contribution in [2.24, 2.45) is 0 Å². The zero-order valence-electron chi connectivity index (χ0n) is 10.2. The van der Waals surface area contributed by atoms with Gasteiger partial charge < -0.3 is 10.0 Å². The maximum Gasteiger partial charge on any atom is 0.0781 e. The molecule has 0 unspecified atom stereocenters. The number of anilines is 1. The fourth-order valence-corrected chi connectivity index (χ4v) is 1.78. The summed E-state index contributed by atoms with van der Waals surface area (Å²) in [6, 6.07) is 7.99. The van der Waals surface area contributed by atoms with E-state index in [0.717, 1.165) is 30.6 Å². The van der Waals surface area contributed by atoms with Crippen LogP contribution in [0.2, 0.25) is 0 Å². The Balaban J connectivity index is 2.73. The predicted molar refractivity (Wildman–Crippen MR) is 69.8 cm³/mol. The maximum atomic E-state index is 9.68. The molecule has 0 aliphatic rings. The lowest BCUT2D eigenvalue weighted by atomic mass is 10.1. The monoisotopic (exact) mass is 219 g/mol. The number of benzene rings is 1. The largest absolute Gasteiger partial charge is 0.389 e. The number of rotatable bonds is 6. The van der Waals surface area contributed by atoms with Crippen LogP contribution in [0.5, 0.6) is 0 Å². The summed E-state index contributed by atoms with van der Waals surface area (Å²) in [5, 5.41) is 9.68. The predicted octanol–water partition coefficient (Wildman–Crippen LogP) is 3.14. The first-order chi connectivity index (χ1) is 7.66. The number of aliphatic hydroxyl groups is 1. The minimum absolute atomic E-state index is 0.418. The molecule has 0 saturated heterocycles.